The SMILES string of the molecule is CCCn1nc(CCSC)nc1C1(COC)CC1. The van der Waals surface area contributed by atoms with Gasteiger partial charge in [-0.1, -0.05) is 6.92 Å². The quantitative estimate of drug-likeness (QED) is 0.726. The van der Waals surface area contributed by atoms with Crippen LogP contribution in [0.5, 0.6) is 0 Å². The van der Waals surface area contributed by atoms with Gasteiger partial charge in [-0.2, -0.15) is 16.9 Å². The van der Waals surface area contributed by atoms with Gasteiger partial charge in [-0.3, -0.25) is 0 Å². The van der Waals surface area contributed by atoms with Gasteiger partial charge in [0, 0.05) is 25.8 Å². The van der Waals surface area contributed by atoms with Crippen LogP contribution in [0.3, 0.4) is 0 Å². The van der Waals surface area contributed by atoms with Crippen LogP contribution in [0.4, 0.5) is 0 Å². The Labute approximate surface area is 114 Å². The van der Waals surface area contributed by atoms with Crippen molar-refractivity contribution >= 4 is 11.8 Å². The number of methoxy groups -OCH3 is 1. The average Bonchev–Trinajstić information content (AvgIpc) is 3.02. The van der Waals surface area contributed by atoms with Crippen LogP contribution in [0, 0.1) is 0 Å². The Kier molecular flexibility index (Phi) is 4.67. The molecule has 0 spiro atoms. The van der Waals surface area contributed by atoms with Gasteiger partial charge >= 0.3 is 0 Å². The molecule has 0 unspecified atom stereocenters. The van der Waals surface area contributed by atoms with Crippen molar-refractivity contribution in [3.63, 3.8) is 0 Å². The second-order valence-corrected chi connectivity index (χ2v) is 6.02. The van der Waals surface area contributed by atoms with Gasteiger partial charge in [0.2, 0.25) is 0 Å². The summed E-state index contributed by atoms with van der Waals surface area (Å²) in [5.74, 6) is 3.24. The molecule has 1 aliphatic carbocycles. The lowest BCUT2D eigenvalue weighted by Gasteiger charge is -2.14. The largest absolute Gasteiger partial charge is 0.384 e. The highest BCUT2D eigenvalue weighted by atomic mass is 32.2. The van der Waals surface area contributed by atoms with E-state index in [4.69, 9.17) is 9.72 Å². The first kappa shape index (κ1) is 13.9. The van der Waals surface area contributed by atoms with E-state index >= 15 is 0 Å². The molecule has 1 aromatic heterocycles. The van der Waals surface area contributed by atoms with E-state index in [-0.39, 0.29) is 5.41 Å². The Balaban J connectivity index is 2.18. The van der Waals surface area contributed by atoms with Crippen LogP contribution in [0.1, 0.15) is 37.8 Å². The summed E-state index contributed by atoms with van der Waals surface area (Å²) in [5, 5.41) is 4.66. The van der Waals surface area contributed by atoms with Crippen molar-refractivity contribution in [3.05, 3.63) is 11.6 Å². The van der Waals surface area contributed by atoms with Gasteiger partial charge < -0.3 is 4.74 Å². The molecular weight excluding hydrogens is 246 g/mol. The summed E-state index contributed by atoms with van der Waals surface area (Å²) in [6, 6.07) is 0. The molecule has 1 heterocycles. The van der Waals surface area contributed by atoms with E-state index in [1.807, 2.05) is 11.8 Å². The Morgan fingerprint density at radius 2 is 2.22 bits per heavy atom. The van der Waals surface area contributed by atoms with Crippen LogP contribution in [-0.4, -0.2) is 40.5 Å². The summed E-state index contributed by atoms with van der Waals surface area (Å²) in [6.07, 6.45) is 6.56. The number of aromatic nitrogens is 3. The summed E-state index contributed by atoms with van der Waals surface area (Å²) < 4.78 is 7.47. The van der Waals surface area contributed by atoms with Crippen molar-refractivity contribution in [2.75, 3.05) is 25.7 Å². The zero-order valence-electron chi connectivity index (χ0n) is 11.6. The molecule has 0 atom stereocenters. The van der Waals surface area contributed by atoms with Gasteiger partial charge in [0.15, 0.2) is 5.82 Å². The van der Waals surface area contributed by atoms with Crippen molar-refractivity contribution in [2.45, 2.75) is 44.6 Å². The lowest BCUT2D eigenvalue weighted by molar-refractivity contribution is 0.166. The number of nitrogens with zero attached hydrogens (tertiary/aromatic N) is 3. The average molecular weight is 269 g/mol. The summed E-state index contributed by atoms with van der Waals surface area (Å²) in [4.78, 5) is 4.78. The molecular formula is C13H23N3OS. The maximum Gasteiger partial charge on any atom is 0.151 e. The summed E-state index contributed by atoms with van der Waals surface area (Å²) in [7, 11) is 1.77. The zero-order valence-corrected chi connectivity index (χ0v) is 12.4. The number of rotatable bonds is 8. The van der Waals surface area contributed by atoms with Gasteiger partial charge in [0.25, 0.3) is 0 Å². The fourth-order valence-electron chi connectivity index (χ4n) is 2.31. The number of hydrogen-bond acceptors (Lipinski definition) is 4. The summed E-state index contributed by atoms with van der Waals surface area (Å²) in [5.41, 5.74) is 0.161. The standard InChI is InChI=1S/C13H23N3OS/c1-4-8-16-12(13(6-7-13)10-17-2)14-11(15-16)5-9-18-3/h4-10H2,1-3H3. The molecule has 0 radical (unpaired) electrons. The van der Waals surface area contributed by atoms with Gasteiger partial charge in [-0.15, -0.1) is 0 Å². The van der Waals surface area contributed by atoms with E-state index < -0.39 is 0 Å². The number of hydrogen-bond donors (Lipinski definition) is 0. The lowest BCUT2D eigenvalue weighted by Crippen LogP contribution is -2.20. The summed E-state index contributed by atoms with van der Waals surface area (Å²) >= 11 is 1.84. The Morgan fingerprint density at radius 3 is 2.78 bits per heavy atom. The predicted molar refractivity (Wildman–Crippen MR) is 75.2 cm³/mol. The highest BCUT2D eigenvalue weighted by molar-refractivity contribution is 7.98. The third-order valence-electron chi connectivity index (χ3n) is 3.43. The van der Waals surface area contributed by atoms with E-state index in [0.29, 0.717) is 0 Å². The molecule has 4 nitrogen and oxygen atoms in total. The molecule has 2 rings (SSSR count). The molecule has 1 fully saturated rings. The third kappa shape index (κ3) is 2.88. The van der Waals surface area contributed by atoms with E-state index in [1.54, 1.807) is 7.11 Å². The molecule has 0 N–H and O–H groups in total. The first-order valence-corrected chi connectivity index (χ1v) is 8.07. The molecule has 1 saturated carbocycles. The lowest BCUT2D eigenvalue weighted by atomic mass is 10.1. The normalized spacial score (nSPS) is 17.1. The minimum Gasteiger partial charge on any atom is -0.384 e. The molecule has 5 heteroatoms. The smallest absolute Gasteiger partial charge is 0.151 e. The molecule has 0 bridgehead atoms. The monoisotopic (exact) mass is 269 g/mol. The minimum absolute atomic E-state index is 0.161. The molecule has 1 aromatic rings. The van der Waals surface area contributed by atoms with Gasteiger partial charge in [0.05, 0.1) is 12.0 Å². The van der Waals surface area contributed by atoms with E-state index in [2.05, 4.69) is 23.0 Å². The molecule has 102 valence electrons. The van der Waals surface area contributed by atoms with Crippen LogP contribution in [-0.2, 0) is 23.1 Å². The molecule has 1 aliphatic rings. The molecule has 0 aliphatic heterocycles. The van der Waals surface area contributed by atoms with Crippen molar-refractivity contribution in [2.24, 2.45) is 0 Å². The second-order valence-electron chi connectivity index (χ2n) is 5.03. The molecule has 0 aromatic carbocycles. The van der Waals surface area contributed by atoms with Crippen molar-refractivity contribution < 1.29 is 4.74 Å². The predicted octanol–water partition coefficient (Wildman–Crippen LogP) is 2.27. The van der Waals surface area contributed by atoms with E-state index in [9.17, 15) is 0 Å². The van der Waals surface area contributed by atoms with Gasteiger partial charge in [0.1, 0.15) is 5.82 Å². The van der Waals surface area contributed by atoms with Gasteiger partial charge in [-0.05, 0) is 25.5 Å². The minimum atomic E-state index is 0.161. The van der Waals surface area contributed by atoms with Crippen LogP contribution in [0.2, 0.25) is 0 Å². The highest BCUT2D eigenvalue weighted by Crippen LogP contribution is 2.47. The number of thioether (sulfide) groups is 1. The fourth-order valence-corrected chi connectivity index (χ4v) is 2.69. The molecule has 0 saturated heterocycles. The second kappa shape index (κ2) is 6.06. The van der Waals surface area contributed by atoms with E-state index in [0.717, 1.165) is 43.4 Å². The molecule has 18 heavy (non-hydrogen) atoms. The van der Waals surface area contributed by atoms with Gasteiger partial charge in [-0.25, -0.2) is 9.67 Å². The van der Waals surface area contributed by atoms with Crippen LogP contribution < -0.4 is 0 Å². The number of aryl methyl sites for hydroxylation is 2. The maximum atomic E-state index is 5.36. The van der Waals surface area contributed by atoms with Crippen LogP contribution in [0.15, 0.2) is 0 Å². The topological polar surface area (TPSA) is 39.9 Å². The Morgan fingerprint density at radius 1 is 1.44 bits per heavy atom. The maximum absolute atomic E-state index is 5.36. The zero-order chi connectivity index (χ0) is 13.0. The Bertz CT molecular complexity index is 388. The van der Waals surface area contributed by atoms with Crippen molar-refractivity contribution in [3.8, 4) is 0 Å². The summed E-state index contributed by atoms with van der Waals surface area (Å²) in [6.45, 7) is 3.92. The number of ether oxygens (including phenoxy) is 1. The van der Waals surface area contributed by atoms with Crippen molar-refractivity contribution in [1.82, 2.24) is 14.8 Å². The van der Waals surface area contributed by atoms with Crippen LogP contribution in [0.25, 0.3) is 0 Å². The van der Waals surface area contributed by atoms with Crippen LogP contribution >= 0.6 is 11.8 Å². The first-order valence-electron chi connectivity index (χ1n) is 6.68. The van der Waals surface area contributed by atoms with E-state index in [1.165, 1.54) is 12.8 Å². The fraction of sp³-hybridized carbons (Fsp3) is 0.846. The molecule has 0 amide bonds. The highest BCUT2D eigenvalue weighted by Gasteiger charge is 2.48. The van der Waals surface area contributed by atoms with Crippen molar-refractivity contribution in [1.29, 1.82) is 0 Å². The Hall–Kier alpha value is -0.550. The first-order chi connectivity index (χ1) is 8.75. The third-order valence-corrected chi connectivity index (χ3v) is 4.04.